The lowest BCUT2D eigenvalue weighted by Gasteiger charge is -2.19. The molecule has 0 spiro atoms. The van der Waals surface area contributed by atoms with Gasteiger partial charge in [0.15, 0.2) is 11.5 Å². The lowest BCUT2D eigenvalue weighted by molar-refractivity contribution is -0.125. The molecule has 1 aromatic carbocycles. The highest BCUT2D eigenvalue weighted by Crippen LogP contribution is 2.32. The molecule has 2 aliphatic rings. The van der Waals surface area contributed by atoms with Gasteiger partial charge in [-0.25, -0.2) is 0 Å². The zero-order valence-electron chi connectivity index (χ0n) is 14.7. The van der Waals surface area contributed by atoms with Crippen molar-refractivity contribution in [3.05, 3.63) is 35.7 Å². The quantitative estimate of drug-likeness (QED) is 0.907. The maximum absolute atomic E-state index is 12.5. The molecule has 2 aromatic rings. The van der Waals surface area contributed by atoms with Crippen LogP contribution in [0, 0.1) is 6.92 Å². The molecule has 26 heavy (non-hydrogen) atoms. The Balaban J connectivity index is 1.41. The predicted molar refractivity (Wildman–Crippen MR) is 94.7 cm³/mol. The van der Waals surface area contributed by atoms with E-state index < -0.39 is 6.10 Å². The van der Waals surface area contributed by atoms with Crippen LogP contribution in [0.2, 0.25) is 0 Å². The first-order valence-corrected chi connectivity index (χ1v) is 8.61. The molecular formula is C18H20N4O4. The molecule has 0 radical (unpaired) electrons. The van der Waals surface area contributed by atoms with E-state index in [4.69, 9.17) is 14.3 Å². The van der Waals surface area contributed by atoms with Crippen LogP contribution in [0.5, 0.6) is 11.5 Å². The summed E-state index contributed by atoms with van der Waals surface area (Å²) < 4.78 is 12.9. The fourth-order valence-electron chi connectivity index (χ4n) is 2.98. The minimum Gasteiger partial charge on any atom is -0.486 e. The second-order valence-corrected chi connectivity index (χ2v) is 6.17. The first-order chi connectivity index (χ1) is 12.6. The molecule has 1 unspecified atom stereocenters. The molecule has 0 fully saturated rings. The maximum atomic E-state index is 12.5. The summed E-state index contributed by atoms with van der Waals surface area (Å²) in [5.41, 5.74) is 3.17. The minimum absolute atomic E-state index is 0.249. The molecular weight excluding hydrogens is 336 g/mol. The van der Waals surface area contributed by atoms with Crippen molar-refractivity contribution in [3.63, 3.8) is 0 Å². The van der Waals surface area contributed by atoms with E-state index in [0.717, 1.165) is 23.5 Å². The van der Waals surface area contributed by atoms with Gasteiger partial charge in [0.2, 0.25) is 6.10 Å². The van der Waals surface area contributed by atoms with Gasteiger partial charge in [0.25, 0.3) is 5.91 Å². The lowest BCUT2D eigenvalue weighted by atomic mass is 10.1. The van der Waals surface area contributed by atoms with Crippen molar-refractivity contribution in [1.29, 1.82) is 0 Å². The Morgan fingerprint density at radius 3 is 2.88 bits per heavy atom. The Morgan fingerprint density at radius 2 is 2.12 bits per heavy atom. The molecule has 136 valence electrons. The number of aromatic nitrogens is 2. The first kappa shape index (κ1) is 16.4. The second-order valence-electron chi connectivity index (χ2n) is 6.17. The summed E-state index contributed by atoms with van der Waals surface area (Å²) in [6.07, 6.45) is 1.67. The van der Waals surface area contributed by atoms with Gasteiger partial charge in [0, 0.05) is 36.5 Å². The van der Waals surface area contributed by atoms with E-state index in [1.807, 2.05) is 24.7 Å². The molecule has 2 aliphatic heterocycles. The number of fused-ring (bicyclic) bond motifs is 1. The summed E-state index contributed by atoms with van der Waals surface area (Å²) in [5, 5.41) is 11.3. The van der Waals surface area contributed by atoms with Gasteiger partial charge >= 0.3 is 0 Å². The maximum Gasteiger partial charge on any atom is 0.268 e. The molecule has 1 N–H and O–H groups in total. The van der Waals surface area contributed by atoms with E-state index in [1.165, 1.54) is 0 Å². The molecule has 1 atom stereocenters. The molecule has 8 nitrogen and oxygen atoms in total. The number of nitrogens with one attached hydrogen (secondary N) is 1. The third-order valence-electron chi connectivity index (χ3n) is 4.35. The summed E-state index contributed by atoms with van der Waals surface area (Å²) in [6, 6.07) is 5.31. The smallest absolute Gasteiger partial charge is 0.268 e. The molecule has 0 bridgehead atoms. The van der Waals surface area contributed by atoms with Crippen LogP contribution in [-0.2, 0) is 16.2 Å². The van der Waals surface area contributed by atoms with E-state index >= 15 is 0 Å². The van der Waals surface area contributed by atoms with Crippen LogP contribution in [0.4, 0.5) is 5.69 Å². The van der Waals surface area contributed by atoms with Crippen LogP contribution in [0.15, 0.2) is 29.6 Å². The van der Waals surface area contributed by atoms with Gasteiger partial charge in [-0.3, -0.25) is 9.48 Å². The third kappa shape index (κ3) is 3.10. The van der Waals surface area contributed by atoms with Crippen LogP contribution >= 0.6 is 0 Å². The number of ether oxygens (including phenoxy) is 2. The highest BCUT2D eigenvalue weighted by atomic mass is 16.6. The first-order valence-electron chi connectivity index (χ1n) is 8.61. The SMILES string of the molecule is CCn1cc(C2=NOC(C(=O)Nc3ccc4c(c3)OCCO4)C2)c(C)n1. The Labute approximate surface area is 150 Å². The van der Waals surface area contributed by atoms with Gasteiger partial charge in [-0.2, -0.15) is 5.10 Å². The predicted octanol–water partition coefficient (Wildman–Crippen LogP) is 2.11. The topological polar surface area (TPSA) is 87.0 Å². The number of aryl methyl sites for hydroxylation is 2. The molecule has 1 amide bonds. The zero-order chi connectivity index (χ0) is 18.1. The number of benzene rings is 1. The normalized spacial score (nSPS) is 18.2. The molecule has 0 aliphatic carbocycles. The van der Waals surface area contributed by atoms with Gasteiger partial charge in [0.1, 0.15) is 13.2 Å². The van der Waals surface area contributed by atoms with Crippen LogP contribution < -0.4 is 14.8 Å². The van der Waals surface area contributed by atoms with Crippen molar-refractivity contribution in [2.75, 3.05) is 18.5 Å². The van der Waals surface area contributed by atoms with Crippen LogP contribution in [0.1, 0.15) is 24.6 Å². The van der Waals surface area contributed by atoms with E-state index in [1.54, 1.807) is 18.2 Å². The number of nitrogens with zero attached hydrogens (tertiary/aromatic N) is 3. The average Bonchev–Trinajstić information content (AvgIpc) is 3.28. The minimum atomic E-state index is -0.664. The summed E-state index contributed by atoms with van der Waals surface area (Å²) >= 11 is 0. The Kier molecular flexibility index (Phi) is 4.24. The van der Waals surface area contributed by atoms with Crippen molar-refractivity contribution in [2.24, 2.45) is 5.16 Å². The summed E-state index contributed by atoms with van der Waals surface area (Å²) in [7, 11) is 0. The van der Waals surface area contributed by atoms with Crippen molar-refractivity contribution >= 4 is 17.3 Å². The molecule has 8 heteroatoms. The van der Waals surface area contributed by atoms with Gasteiger partial charge in [0.05, 0.1) is 11.4 Å². The fourth-order valence-corrected chi connectivity index (χ4v) is 2.98. The number of amides is 1. The van der Waals surface area contributed by atoms with Gasteiger partial charge in [-0.05, 0) is 26.0 Å². The monoisotopic (exact) mass is 356 g/mol. The van der Waals surface area contributed by atoms with Crippen LogP contribution in [-0.4, -0.2) is 40.7 Å². The molecule has 4 rings (SSSR count). The number of rotatable bonds is 4. The largest absolute Gasteiger partial charge is 0.486 e. The Bertz CT molecular complexity index is 874. The number of hydrogen-bond acceptors (Lipinski definition) is 6. The van der Waals surface area contributed by atoms with E-state index in [0.29, 0.717) is 36.8 Å². The van der Waals surface area contributed by atoms with E-state index in [9.17, 15) is 4.79 Å². The number of hydrogen-bond donors (Lipinski definition) is 1. The van der Waals surface area contributed by atoms with Crippen LogP contribution in [0.25, 0.3) is 0 Å². The second kappa shape index (κ2) is 6.70. The highest BCUT2D eigenvalue weighted by molar-refractivity contribution is 6.06. The third-order valence-corrected chi connectivity index (χ3v) is 4.35. The number of oxime groups is 1. The standard InChI is InChI=1S/C18H20N4O4/c1-3-22-10-13(11(2)20-22)14-9-17(26-21-14)18(23)19-12-4-5-15-16(8-12)25-7-6-24-15/h4-5,8,10,17H,3,6-7,9H2,1-2H3,(H,19,23). The fraction of sp³-hybridized carbons (Fsp3) is 0.389. The highest BCUT2D eigenvalue weighted by Gasteiger charge is 2.30. The van der Waals surface area contributed by atoms with Crippen molar-refractivity contribution in [1.82, 2.24) is 9.78 Å². The van der Waals surface area contributed by atoms with Crippen molar-refractivity contribution < 1.29 is 19.1 Å². The van der Waals surface area contributed by atoms with Crippen molar-refractivity contribution in [2.45, 2.75) is 32.9 Å². The van der Waals surface area contributed by atoms with Gasteiger partial charge < -0.3 is 19.6 Å². The van der Waals surface area contributed by atoms with E-state index in [-0.39, 0.29) is 5.91 Å². The van der Waals surface area contributed by atoms with Gasteiger partial charge in [-0.1, -0.05) is 5.16 Å². The lowest BCUT2D eigenvalue weighted by Crippen LogP contribution is -2.28. The van der Waals surface area contributed by atoms with Crippen LogP contribution in [0.3, 0.4) is 0 Å². The molecule has 0 saturated carbocycles. The van der Waals surface area contributed by atoms with Gasteiger partial charge in [-0.15, -0.1) is 0 Å². The number of carbonyl (C=O) groups excluding carboxylic acids is 1. The molecule has 1 aromatic heterocycles. The molecule has 0 saturated heterocycles. The van der Waals surface area contributed by atoms with Crippen molar-refractivity contribution in [3.8, 4) is 11.5 Å². The summed E-state index contributed by atoms with van der Waals surface area (Å²) in [6.45, 7) is 5.75. The Hall–Kier alpha value is -3.03. The Morgan fingerprint density at radius 1 is 1.31 bits per heavy atom. The van der Waals surface area contributed by atoms with E-state index in [2.05, 4.69) is 15.6 Å². The summed E-state index contributed by atoms with van der Waals surface area (Å²) in [4.78, 5) is 17.9. The average molecular weight is 356 g/mol. The number of anilines is 1. The molecule has 3 heterocycles. The summed E-state index contributed by atoms with van der Waals surface area (Å²) in [5.74, 6) is 1.06. The number of carbonyl (C=O) groups is 1. The zero-order valence-corrected chi connectivity index (χ0v) is 14.7.